The minimum atomic E-state index is 0.742. The van der Waals surface area contributed by atoms with E-state index in [4.69, 9.17) is 0 Å². The van der Waals surface area contributed by atoms with Crippen molar-refractivity contribution < 1.29 is 0 Å². The van der Waals surface area contributed by atoms with Gasteiger partial charge in [0.2, 0.25) is 0 Å². The van der Waals surface area contributed by atoms with E-state index in [2.05, 4.69) is 22.2 Å². The molecule has 1 N–H and O–H groups in total. The van der Waals surface area contributed by atoms with Crippen LogP contribution in [0.4, 0.5) is 0 Å². The SMILES string of the molecule is CNC1CCN(CCN2CCCCC2)C1. The predicted octanol–water partition coefficient (Wildman–Crippen LogP) is 0.766. The second kappa shape index (κ2) is 5.83. The van der Waals surface area contributed by atoms with Crippen molar-refractivity contribution in [2.45, 2.75) is 31.7 Å². The summed E-state index contributed by atoms with van der Waals surface area (Å²) in [4.78, 5) is 5.24. The van der Waals surface area contributed by atoms with Crippen molar-refractivity contribution >= 4 is 0 Å². The van der Waals surface area contributed by atoms with Gasteiger partial charge in [0, 0.05) is 25.7 Å². The molecule has 2 fully saturated rings. The van der Waals surface area contributed by atoms with E-state index in [-0.39, 0.29) is 0 Å². The van der Waals surface area contributed by atoms with Gasteiger partial charge in [-0.25, -0.2) is 0 Å². The van der Waals surface area contributed by atoms with Crippen molar-refractivity contribution in [2.75, 3.05) is 46.3 Å². The Labute approximate surface area is 93.8 Å². The standard InChI is InChI=1S/C12H25N3/c1-13-12-5-8-15(11-12)10-9-14-6-3-2-4-7-14/h12-13H,2-11H2,1H3. The van der Waals surface area contributed by atoms with Gasteiger partial charge in [0.05, 0.1) is 0 Å². The van der Waals surface area contributed by atoms with Crippen molar-refractivity contribution in [3.8, 4) is 0 Å². The van der Waals surface area contributed by atoms with Gasteiger partial charge in [0.15, 0.2) is 0 Å². The van der Waals surface area contributed by atoms with Gasteiger partial charge < -0.3 is 15.1 Å². The average Bonchev–Trinajstić information content (AvgIpc) is 2.76. The van der Waals surface area contributed by atoms with E-state index in [0.29, 0.717) is 0 Å². The molecule has 1 atom stereocenters. The molecule has 2 heterocycles. The normalized spacial score (nSPS) is 29.8. The molecule has 0 saturated carbocycles. The fourth-order valence-corrected chi connectivity index (χ4v) is 2.74. The number of hydrogen-bond donors (Lipinski definition) is 1. The second-order valence-corrected chi connectivity index (χ2v) is 4.98. The molecule has 0 aliphatic carbocycles. The molecule has 0 aromatic carbocycles. The Morgan fingerprint density at radius 2 is 1.73 bits per heavy atom. The van der Waals surface area contributed by atoms with Crippen LogP contribution in [0.5, 0.6) is 0 Å². The molecule has 2 rings (SSSR count). The van der Waals surface area contributed by atoms with Crippen LogP contribution in [0.3, 0.4) is 0 Å². The first-order valence-corrected chi connectivity index (χ1v) is 6.50. The van der Waals surface area contributed by atoms with Crippen LogP contribution in [0, 0.1) is 0 Å². The molecular weight excluding hydrogens is 186 g/mol. The summed E-state index contributed by atoms with van der Waals surface area (Å²) in [6.07, 6.45) is 5.61. The van der Waals surface area contributed by atoms with Crippen molar-refractivity contribution in [2.24, 2.45) is 0 Å². The zero-order valence-electron chi connectivity index (χ0n) is 10.0. The van der Waals surface area contributed by atoms with Gasteiger partial charge in [-0.15, -0.1) is 0 Å². The molecule has 0 bridgehead atoms. The Morgan fingerprint density at radius 3 is 2.40 bits per heavy atom. The lowest BCUT2D eigenvalue weighted by Crippen LogP contribution is -2.38. The summed E-state index contributed by atoms with van der Waals surface area (Å²) >= 11 is 0. The van der Waals surface area contributed by atoms with Gasteiger partial charge >= 0.3 is 0 Å². The highest BCUT2D eigenvalue weighted by molar-refractivity contribution is 4.80. The van der Waals surface area contributed by atoms with E-state index in [1.54, 1.807) is 0 Å². The van der Waals surface area contributed by atoms with Gasteiger partial charge in [-0.2, -0.15) is 0 Å². The average molecular weight is 211 g/mol. The number of likely N-dealkylation sites (tertiary alicyclic amines) is 2. The van der Waals surface area contributed by atoms with Crippen LogP contribution in [0.2, 0.25) is 0 Å². The van der Waals surface area contributed by atoms with Crippen LogP contribution >= 0.6 is 0 Å². The molecule has 3 heteroatoms. The molecule has 0 spiro atoms. The summed E-state index contributed by atoms with van der Waals surface area (Å²) in [5.41, 5.74) is 0. The van der Waals surface area contributed by atoms with Gasteiger partial charge in [-0.05, 0) is 45.9 Å². The number of nitrogens with zero attached hydrogens (tertiary/aromatic N) is 2. The maximum Gasteiger partial charge on any atom is 0.0204 e. The first-order valence-electron chi connectivity index (χ1n) is 6.50. The second-order valence-electron chi connectivity index (χ2n) is 4.98. The minimum absolute atomic E-state index is 0.742. The Bertz CT molecular complexity index is 178. The molecule has 3 nitrogen and oxygen atoms in total. The van der Waals surface area contributed by atoms with E-state index in [0.717, 1.165) is 6.04 Å². The van der Waals surface area contributed by atoms with Gasteiger partial charge in [0.1, 0.15) is 0 Å². The number of hydrogen-bond acceptors (Lipinski definition) is 3. The largest absolute Gasteiger partial charge is 0.316 e. The van der Waals surface area contributed by atoms with Crippen LogP contribution in [0.15, 0.2) is 0 Å². The summed E-state index contributed by atoms with van der Waals surface area (Å²) in [7, 11) is 2.08. The molecule has 1 unspecified atom stereocenters. The molecule has 2 aliphatic heterocycles. The lowest BCUT2D eigenvalue weighted by Gasteiger charge is -2.28. The molecule has 0 radical (unpaired) electrons. The monoisotopic (exact) mass is 211 g/mol. The summed E-state index contributed by atoms with van der Waals surface area (Å²) in [5, 5.41) is 3.38. The molecular formula is C12H25N3. The molecule has 2 saturated heterocycles. The van der Waals surface area contributed by atoms with Crippen LogP contribution in [0.25, 0.3) is 0 Å². The third-order valence-electron chi connectivity index (χ3n) is 3.86. The molecule has 88 valence electrons. The predicted molar refractivity (Wildman–Crippen MR) is 64.2 cm³/mol. The first-order chi connectivity index (χ1) is 7.38. The van der Waals surface area contributed by atoms with Gasteiger partial charge in [0.25, 0.3) is 0 Å². The highest BCUT2D eigenvalue weighted by atomic mass is 15.2. The number of piperidine rings is 1. The maximum absolute atomic E-state index is 3.38. The minimum Gasteiger partial charge on any atom is -0.316 e. The van der Waals surface area contributed by atoms with E-state index < -0.39 is 0 Å². The third kappa shape index (κ3) is 3.44. The zero-order chi connectivity index (χ0) is 10.5. The fraction of sp³-hybridized carbons (Fsp3) is 1.00. The van der Waals surface area contributed by atoms with E-state index in [1.165, 1.54) is 65.0 Å². The third-order valence-corrected chi connectivity index (χ3v) is 3.86. The molecule has 15 heavy (non-hydrogen) atoms. The van der Waals surface area contributed by atoms with Crippen molar-refractivity contribution in [3.05, 3.63) is 0 Å². The Balaban J connectivity index is 1.61. The zero-order valence-corrected chi connectivity index (χ0v) is 10.0. The van der Waals surface area contributed by atoms with Crippen LogP contribution in [-0.2, 0) is 0 Å². The lowest BCUT2D eigenvalue weighted by molar-refractivity contribution is 0.195. The number of nitrogens with one attached hydrogen (secondary N) is 1. The quantitative estimate of drug-likeness (QED) is 0.741. The number of rotatable bonds is 4. The summed E-state index contributed by atoms with van der Waals surface area (Å²) in [6.45, 7) is 7.78. The topological polar surface area (TPSA) is 18.5 Å². The van der Waals surface area contributed by atoms with Crippen LogP contribution in [0.1, 0.15) is 25.7 Å². The van der Waals surface area contributed by atoms with Crippen LogP contribution < -0.4 is 5.32 Å². The Kier molecular flexibility index (Phi) is 4.42. The molecule has 2 aliphatic rings. The van der Waals surface area contributed by atoms with Crippen LogP contribution in [-0.4, -0.2) is 62.2 Å². The summed E-state index contributed by atoms with van der Waals surface area (Å²) < 4.78 is 0. The highest BCUT2D eigenvalue weighted by Crippen LogP contribution is 2.11. The molecule has 0 aromatic rings. The van der Waals surface area contributed by atoms with E-state index in [9.17, 15) is 0 Å². The molecule has 0 amide bonds. The Hall–Kier alpha value is -0.120. The van der Waals surface area contributed by atoms with Gasteiger partial charge in [-0.1, -0.05) is 6.42 Å². The Morgan fingerprint density at radius 1 is 1.00 bits per heavy atom. The fourth-order valence-electron chi connectivity index (χ4n) is 2.74. The highest BCUT2D eigenvalue weighted by Gasteiger charge is 2.21. The maximum atomic E-state index is 3.38. The van der Waals surface area contributed by atoms with Gasteiger partial charge in [-0.3, -0.25) is 0 Å². The van der Waals surface area contributed by atoms with E-state index in [1.807, 2.05) is 0 Å². The van der Waals surface area contributed by atoms with E-state index >= 15 is 0 Å². The summed E-state index contributed by atoms with van der Waals surface area (Å²) in [5.74, 6) is 0. The first kappa shape index (κ1) is 11.4. The van der Waals surface area contributed by atoms with Crippen molar-refractivity contribution in [1.82, 2.24) is 15.1 Å². The van der Waals surface area contributed by atoms with Crippen molar-refractivity contribution in [1.29, 1.82) is 0 Å². The molecule has 0 aromatic heterocycles. The lowest BCUT2D eigenvalue weighted by atomic mass is 10.1. The van der Waals surface area contributed by atoms with Crippen molar-refractivity contribution in [3.63, 3.8) is 0 Å². The smallest absolute Gasteiger partial charge is 0.0204 e. The summed E-state index contributed by atoms with van der Waals surface area (Å²) in [6, 6.07) is 0.742. The number of likely N-dealkylation sites (N-methyl/N-ethyl adjacent to an activating group) is 1.